The Labute approximate surface area is 95.7 Å². The minimum atomic E-state index is -0.411. The largest absolute Gasteiger partial charge is 0.392 e. The number of benzene rings is 1. The van der Waals surface area contributed by atoms with Crippen molar-refractivity contribution in [2.75, 3.05) is 13.6 Å². The number of halogens is 1. The van der Waals surface area contributed by atoms with Gasteiger partial charge in [-0.1, -0.05) is 18.2 Å². The first kappa shape index (κ1) is 13.1. The second kappa shape index (κ2) is 5.94. The zero-order valence-electron chi connectivity index (χ0n) is 9.78. The molecule has 16 heavy (non-hydrogen) atoms. The quantitative estimate of drug-likeness (QED) is 0.790. The maximum Gasteiger partial charge on any atom is 0.132 e. The molecule has 0 amide bonds. The highest BCUT2D eigenvalue weighted by atomic mass is 19.1. The van der Waals surface area contributed by atoms with Gasteiger partial charge < -0.3 is 10.8 Å². The van der Waals surface area contributed by atoms with E-state index in [2.05, 4.69) is 0 Å². The SMILES string of the molecule is CC(O)CN(C)Cc1cccc(CN)c1F. The van der Waals surface area contributed by atoms with Gasteiger partial charge in [0.1, 0.15) is 5.82 Å². The Bertz CT molecular complexity index is 342. The van der Waals surface area contributed by atoms with Gasteiger partial charge in [0.25, 0.3) is 0 Å². The van der Waals surface area contributed by atoms with Crippen LogP contribution in [0.1, 0.15) is 18.1 Å². The summed E-state index contributed by atoms with van der Waals surface area (Å²) < 4.78 is 13.8. The molecule has 0 aliphatic rings. The molecule has 4 heteroatoms. The third-order valence-electron chi connectivity index (χ3n) is 2.39. The van der Waals surface area contributed by atoms with Crippen molar-refractivity contribution in [1.82, 2.24) is 4.90 Å². The van der Waals surface area contributed by atoms with Crippen LogP contribution in [-0.2, 0) is 13.1 Å². The van der Waals surface area contributed by atoms with Crippen LogP contribution in [0.15, 0.2) is 18.2 Å². The highest BCUT2D eigenvalue weighted by molar-refractivity contribution is 5.25. The highest BCUT2D eigenvalue weighted by Gasteiger charge is 2.10. The molecule has 0 fully saturated rings. The normalized spacial score (nSPS) is 13.1. The molecule has 0 aliphatic heterocycles. The predicted octanol–water partition coefficient (Wildman–Crippen LogP) is 1.10. The Balaban J connectivity index is 2.73. The summed E-state index contributed by atoms with van der Waals surface area (Å²) in [6, 6.07) is 5.23. The van der Waals surface area contributed by atoms with E-state index >= 15 is 0 Å². The van der Waals surface area contributed by atoms with Crippen LogP contribution in [0.25, 0.3) is 0 Å². The van der Waals surface area contributed by atoms with E-state index in [0.717, 1.165) is 0 Å². The molecule has 1 rings (SSSR count). The summed E-state index contributed by atoms with van der Waals surface area (Å²) in [5.74, 6) is -0.234. The molecule has 3 N–H and O–H groups in total. The van der Waals surface area contributed by atoms with Crippen LogP contribution < -0.4 is 5.73 Å². The van der Waals surface area contributed by atoms with E-state index in [1.54, 1.807) is 25.1 Å². The maximum absolute atomic E-state index is 13.8. The van der Waals surface area contributed by atoms with Gasteiger partial charge in [0.15, 0.2) is 0 Å². The highest BCUT2D eigenvalue weighted by Crippen LogP contribution is 2.14. The molecular formula is C12H19FN2O. The van der Waals surface area contributed by atoms with Crippen molar-refractivity contribution >= 4 is 0 Å². The molecule has 1 aromatic carbocycles. The molecule has 0 saturated heterocycles. The van der Waals surface area contributed by atoms with E-state index in [0.29, 0.717) is 24.2 Å². The number of hydrogen-bond donors (Lipinski definition) is 2. The molecular weight excluding hydrogens is 207 g/mol. The fourth-order valence-electron chi connectivity index (χ4n) is 1.72. The molecule has 0 aromatic heterocycles. The first-order valence-corrected chi connectivity index (χ1v) is 5.37. The Hall–Kier alpha value is -0.970. The Kier molecular flexibility index (Phi) is 4.86. The Morgan fingerprint density at radius 3 is 2.62 bits per heavy atom. The predicted molar refractivity (Wildman–Crippen MR) is 62.3 cm³/mol. The first-order valence-electron chi connectivity index (χ1n) is 5.37. The van der Waals surface area contributed by atoms with Gasteiger partial charge in [0.05, 0.1) is 6.10 Å². The number of nitrogens with zero attached hydrogens (tertiary/aromatic N) is 1. The summed E-state index contributed by atoms with van der Waals surface area (Å²) in [7, 11) is 1.85. The molecule has 3 nitrogen and oxygen atoms in total. The maximum atomic E-state index is 13.8. The van der Waals surface area contributed by atoms with Crippen molar-refractivity contribution in [1.29, 1.82) is 0 Å². The molecule has 0 bridgehead atoms. The van der Waals surface area contributed by atoms with Crippen molar-refractivity contribution in [3.8, 4) is 0 Å². The summed E-state index contributed by atoms with van der Waals surface area (Å²) in [5, 5.41) is 9.22. The first-order chi connectivity index (χ1) is 7.54. The second-order valence-electron chi connectivity index (χ2n) is 4.14. The van der Waals surface area contributed by atoms with Gasteiger partial charge in [-0.3, -0.25) is 4.90 Å². The van der Waals surface area contributed by atoms with Gasteiger partial charge in [0, 0.05) is 30.8 Å². The standard InChI is InChI=1S/C12H19FN2O/c1-9(16)7-15(2)8-11-5-3-4-10(6-14)12(11)13/h3-5,9,16H,6-8,14H2,1-2H3. The molecule has 0 radical (unpaired) electrons. The van der Waals surface area contributed by atoms with Crippen LogP contribution in [0.4, 0.5) is 4.39 Å². The average Bonchev–Trinajstić information content (AvgIpc) is 2.20. The number of nitrogens with two attached hydrogens (primary N) is 1. The van der Waals surface area contributed by atoms with Gasteiger partial charge in [-0.15, -0.1) is 0 Å². The van der Waals surface area contributed by atoms with E-state index < -0.39 is 6.10 Å². The summed E-state index contributed by atoms with van der Waals surface area (Å²) in [6.45, 7) is 2.92. The number of aliphatic hydroxyl groups is 1. The third kappa shape index (κ3) is 3.56. The fraction of sp³-hybridized carbons (Fsp3) is 0.500. The van der Waals surface area contributed by atoms with Gasteiger partial charge in [0.2, 0.25) is 0 Å². The smallest absolute Gasteiger partial charge is 0.132 e. The van der Waals surface area contributed by atoms with E-state index in [1.807, 2.05) is 11.9 Å². The monoisotopic (exact) mass is 226 g/mol. The van der Waals surface area contributed by atoms with Crippen LogP contribution in [0.3, 0.4) is 0 Å². The summed E-state index contributed by atoms with van der Waals surface area (Å²) in [5.41, 5.74) is 6.58. The van der Waals surface area contributed by atoms with Crippen molar-refractivity contribution in [2.24, 2.45) is 5.73 Å². The molecule has 1 atom stereocenters. The van der Waals surface area contributed by atoms with Crippen LogP contribution in [0.5, 0.6) is 0 Å². The van der Waals surface area contributed by atoms with Gasteiger partial charge in [-0.2, -0.15) is 0 Å². The zero-order valence-corrected chi connectivity index (χ0v) is 9.78. The summed E-state index contributed by atoms with van der Waals surface area (Å²) in [6.07, 6.45) is -0.411. The van der Waals surface area contributed by atoms with Crippen molar-refractivity contribution < 1.29 is 9.50 Å². The van der Waals surface area contributed by atoms with Crippen LogP contribution in [0, 0.1) is 5.82 Å². The number of likely N-dealkylation sites (N-methyl/N-ethyl adjacent to an activating group) is 1. The Morgan fingerprint density at radius 2 is 2.06 bits per heavy atom. The van der Waals surface area contributed by atoms with Crippen LogP contribution >= 0.6 is 0 Å². The number of hydrogen-bond acceptors (Lipinski definition) is 3. The molecule has 0 saturated carbocycles. The average molecular weight is 226 g/mol. The molecule has 0 heterocycles. The van der Waals surface area contributed by atoms with Crippen LogP contribution in [-0.4, -0.2) is 29.7 Å². The fourth-order valence-corrected chi connectivity index (χ4v) is 1.72. The second-order valence-corrected chi connectivity index (χ2v) is 4.14. The third-order valence-corrected chi connectivity index (χ3v) is 2.39. The minimum Gasteiger partial charge on any atom is -0.392 e. The van der Waals surface area contributed by atoms with E-state index in [1.165, 1.54) is 0 Å². The van der Waals surface area contributed by atoms with Crippen molar-refractivity contribution in [2.45, 2.75) is 26.1 Å². The number of rotatable bonds is 5. The topological polar surface area (TPSA) is 49.5 Å². The summed E-state index contributed by atoms with van der Waals surface area (Å²) >= 11 is 0. The van der Waals surface area contributed by atoms with E-state index in [4.69, 9.17) is 5.73 Å². The molecule has 1 unspecified atom stereocenters. The van der Waals surface area contributed by atoms with Crippen LogP contribution in [0.2, 0.25) is 0 Å². The molecule has 1 aromatic rings. The minimum absolute atomic E-state index is 0.208. The van der Waals surface area contributed by atoms with Gasteiger partial charge >= 0.3 is 0 Å². The lowest BCUT2D eigenvalue weighted by molar-refractivity contribution is 0.137. The van der Waals surface area contributed by atoms with Gasteiger partial charge in [-0.25, -0.2) is 4.39 Å². The molecule has 90 valence electrons. The summed E-state index contributed by atoms with van der Waals surface area (Å²) in [4.78, 5) is 1.88. The number of aliphatic hydroxyl groups excluding tert-OH is 1. The van der Waals surface area contributed by atoms with Crippen molar-refractivity contribution in [3.05, 3.63) is 35.1 Å². The lowest BCUT2D eigenvalue weighted by Crippen LogP contribution is -2.27. The zero-order chi connectivity index (χ0) is 12.1. The molecule has 0 aliphatic carbocycles. The Morgan fingerprint density at radius 1 is 1.44 bits per heavy atom. The van der Waals surface area contributed by atoms with Crippen molar-refractivity contribution in [3.63, 3.8) is 0 Å². The van der Waals surface area contributed by atoms with E-state index in [-0.39, 0.29) is 12.4 Å². The lowest BCUT2D eigenvalue weighted by Gasteiger charge is -2.19. The lowest BCUT2D eigenvalue weighted by atomic mass is 10.1. The van der Waals surface area contributed by atoms with E-state index in [9.17, 15) is 9.50 Å². The van der Waals surface area contributed by atoms with Gasteiger partial charge in [-0.05, 0) is 14.0 Å². The molecule has 0 spiro atoms.